The van der Waals surface area contributed by atoms with Gasteiger partial charge in [0, 0.05) is 12.8 Å². The van der Waals surface area contributed by atoms with Gasteiger partial charge in [0.1, 0.15) is 6.04 Å². The standard InChI is InChI=1S/C35H67NO5/c1-3-5-7-9-11-13-14-15-16-17-18-19-21-23-25-27-31-40-35(39)32(36)29-30-34(38)41-33(37)28-26-24-22-20-12-10-8-6-4-2/h32H,3-31,36H2,1-2H3. The number of carbonyl (C=O) groups excluding carboxylic acids is 3. The van der Waals surface area contributed by atoms with Gasteiger partial charge in [-0.15, -0.1) is 0 Å². The number of hydrogen-bond donors (Lipinski definition) is 1. The number of hydrogen-bond acceptors (Lipinski definition) is 6. The predicted molar refractivity (Wildman–Crippen MR) is 171 cm³/mol. The molecule has 0 aromatic heterocycles. The van der Waals surface area contributed by atoms with Gasteiger partial charge in [-0.1, -0.05) is 162 Å². The van der Waals surface area contributed by atoms with Gasteiger partial charge in [-0.25, -0.2) is 0 Å². The van der Waals surface area contributed by atoms with E-state index in [1.54, 1.807) is 0 Å². The normalized spacial score (nSPS) is 11.9. The van der Waals surface area contributed by atoms with Gasteiger partial charge >= 0.3 is 17.9 Å². The molecule has 0 amide bonds. The number of ether oxygens (including phenoxy) is 2. The molecule has 0 fully saturated rings. The van der Waals surface area contributed by atoms with Crippen molar-refractivity contribution in [1.82, 2.24) is 0 Å². The molecular weight excluding hydrogens is 514 g/mol. The van der Waals surface area contributed by atoms with Crippen LogP contribution in [0, 0.1) is 0 Å². The van der Waals surface area contributed by atoms with E-state index >= 15 is 0 Å². The van der Waals surface area contributed by atoms with Crippen molar-refractivity contribution in [3.8, 4) is 0 Å². The van der Waals surface area contributed by atoms with Gasteiger partial charge in [0.15, 0.2) is 0 Å². The molecule has 2 N–H and O–H groups in total. The van der Waals surface area contributed by atoms with Crippen LogP contribution in [-0.2, 0) is 23.9 Å². The summed E-state index contributed by atoms with van der Waals surface area (Å²) in [4.78, 5) is 35.8. The van der Waals surface area contributed by atoms with Crippen molar-refractivity contribution in [1.29, 1.82) is 0 Å². The van der Waals surface area contributed by atoms with Gasteiger partial charge in [-0.3, -0.25) is 14.4 Å². The molecule has 0 aromatic carbocycles. The average molecular weight is 582 g/mol. The molecule has 41 heavy (non-hydrogen) atoms. The Morgan fingerprint density at radius 2 is 0.829 bits per heavy atom. The molecule has 6 heteroatoms. The van der Waals surface area contributed by atoms with Crippen LogP contribution >= 0.6 is 0 Å². The Bertz CT molecular complexity index is 609. The molecule has 0 radical (unpaired) electrons. The molecule has 0 saturated heterocycles. The van der Waals surface area contributed by atoms with Crippen molar-refractivity contribution in [2.45, 2.75) is 200 Å². The molecule has 0 rings (SSSR count). The molecule has 242 valence electrons. The molecule has 0 aliphatic carbocycles. The molecule has 0 aliphatic rings. The predicted octanol–water partition coefficient (Wildman–Crippen LogP) is 9.89. The van der Waals surface area contributed by atoms with Gasteiger partial charge in [-0.2, -0.15) is 0 Å². The summed E-state index contributed by atoms with van der Waals surface area (Å²) < 4.78 is 10.1. The first-order valence-corrected chi connectivity index (χ1v) is 17.7. The van der Waals surface area contributed by atoms with Crippen molar-refractivity contribution in [2.24, 2.45) is 5.73 Å². The number of esters is 3. The van der Waals surface area contributed by atoms with Crippen LogP contribution in [0.4, 0.5) is 0 Å². The van der Waals surface area contributed by atoms with E-state index in [-0.39, 0.29) is 19.3 Å². The summed E-state index contributed by atoms with van der Waals surface area (Å²) in [5.74, 6) is -1.59. The highest BCUT2D eigenvalue weighted by Crippen LogP contribution is 2.14. The van der Waals surface area contributed by atoms with Crippen LogP contribution in [0.15, 0.2) is 0 Å². The summed E-state index contributed by atoms with van der Waals surface area (Å²) in [5, 5.41) is 0. The van der Waals surface area contributed by atoms with E-state index in [0.29, 0.717) is 6.61 Å². The van der Waals surface area contributed by atoms with Crippen LogP contribution in [-0.4, -0.2) is 30.6 Å². The Morgan fingerprint density at radius 1 is 0.488 bits per heavy atom. The second-order valence-electron chi connectivity index (χ2n) is 12.0. The average Bonchev–Trinajstić information content (AvgIpc) is 2.96. The number of unbranched alkanes of at least 4 members (excludes halogenated alkanes) is 23. The summed E-state index contributed by atoms with van der Waals surface area (Å²) in [7, 11) is 0. The number of rotatable bonds is 31. The molecule has 0 aromatic rings. The number of carbonyl (C=O) groups is 3. The van der Waals surface area contributed by atoms with Crippen LogP contribution in [0.2, 0.25) is 0 Å². The van der Waals surface area contributed by atoms with Crippen LogP contribution in [0.25, 0.3) is 0 Å². The van der Waals surface area contributed by atoms with E-state index in [2.05, 4.69) is 13.8 Å². The summed E-state index contributed by atoms with van der Waals surface area (Å²) >= 11 is 0. The van der Waals surface area contributed by atoms with E-state index in [4.69, 9.17) is 15.2 Å². The second-order valence-corrected chi connectivity index (χ2v) is 12.0. The minimum absolute atomic E-state index is 0.0567. The van der Waals surface area contributed by atoms with Crippen LogP contribution in [0.5, 0.6) is 0 Å². The highest BCUT2D eigenvalue weighted by molar-refractivity contribution is 5.85. The first kappa shape index (κ1) is 39.6. The Balaban J connectivity index is 3.50. The lowest BCUT2D eigenvalue weighted by Gasteiger charge is -2.11. The third-order valence-corrected chi connectivity index (χ3v) is 7.92. The SMILES string of the molecule is CCCCCCCCCCCCCCCCCCOC(=O)C(N)CCC(=O)OC(=O)CCCCCCCCCCC. The maximum absolute atomic E-state index is 12.1. The smallest absolute Gasteiger partial charge is 0.322 e. The Kier molecular flexibility index (Phi) is 30.4. The summed E-state index contributed by atoms with van der Waals surface area (Å²) in [6, 6.07) is -0.865. The minimum Gasteiger partial charge on any atom is -0.465 e. The fraction of sp³-hybridized carbons (Fsp3) is 0.914. The van der Waals surface area contributed by atoms with Crippen LogP contribution in [0.1, 0.15) is 194 Å². The third-order valence-electron chi connectivity index (χ3n) is 7.92. The van der Waals surface area contributed by atoms with Crippen molar-refractivity contribution in [3.63, 3.8) is 0 Å². The topological polar surface area (TPSA) is 95.7 Å². The first-order chi connectivity index (χ1) is 20.0. The molecule has 6 nitrogen and oxygen atoms in total. The lowest BCUT2D eigenvalue weighted by molar-refractivity contribution is -0.159. The van der Waals surface area contributed by atoms with Crippen molar-refractivity contribution in [2.75, 3.05) is 6.61 Å². The highest BCUT2D eigenvalue weighted by atomic mass is 16.6. The Labute approximate surface area is 253 Å². The van der Waals surface area contributed by atoms with Gasteiger partial charge in [0.05, 0.1) is 6.61 Å². The molecular formula is C35H67NO5. The summed E-state index contributed by atoms with van der Waals surface area (Å²) in [6.07, 6.45) is 31.6. The van der Waals surface area contributed by atoms with Gasteiger partial charge < -0.3 is 15.2 Å². The third kappa shape index (κ3) is 29.8. The maximum atomic E-state index is 12.1. The minimum atomic E-state index is -0.865. The van der Waals surface area contributed by atoms with E-state index in [9.17, 15) is 14.4 Å². The van der Waals surface area contributed by atoms with Gasteiger partial charge in [-0.05, 0) is 19.3 Å². The van der Waals surface area contributed by atoms with E-state index < -0.39 is 23.9 Å². The van der Waals surface area contributed by atoms with Gasteiger partial charge in [0.25, 0.3) is 0 Å². The quantitative estimate of drug-likeness (QED) is 0.0497. The molecule has 0 saturated carbocycles. The zero-order valence-electron chi connectivity index (χ0n) is 27.2. The molecule has 0 bridgehead atoms. The molecule has 0 heterocycles. The van der Waals surface area contributed by atoms with Crippen molar-refractivity contribution >= 4 is 17.9 Å². The zero-order valence-corrected chi connectivity index (χ0v) is 27.2. The zero-order chi connectivity index (χ0) is 30.2. The molecule has 1 unspecified atom stereocenters. The van der Waals surface area contributed by atoms with E-state index in [0.717, 1.165) is 32.1 Å². The fourth-order valence-corrected chi connectivity index (χ4v) is 5.13. The maximum Gasteiger partial charge on any atom is 0.322 e. The monoisotopic (exact) mass is 582 g/mol. The first-order valence-electron chi connectivity index (χ1n) is 17.7. The number of nitrogens with two attached hydrogens (primary N) is 1. The second kappa shape index (κ2) is 31.5. The van der Waals surface area contributed by atoms with Crippen molar-refractivity contribution < 1.29 is 23.9 Å². The molecule has 1 atom stereocenters. The fourth-order valence-electron chi connectivity index (χ4n) is 5.13. The highest BCUT2D eigenvalue weighted by Gasteiger charge is 2.18. The Morgan fingerprint density at radius 3 is 1.24 bits per heavy atom. The lowest BCUT2D eigenvalue weighted by atomic mass is 10.0. The van der Waals surface area contributed by atoms with E-state index in [1.165, 1.54) is 128 Å². The summed E-state index contributed by atoms with van der Waals surface area (Å²) in [5.41, 5.74) is 5.87. The molecule has 0 aliphatic heterocycles. The van der Waals surface area contributed by atoms with Crippen molar-refractivity contribution in [3.05, 3.63) is 0 Å². The summed E-state index contributed by atoms with van der Waals surface area (Å²) in [6.45, 7) is 4.85. The van der Waals surface area contributed by atoms with Gasteiger partial charge in [0.2, 0.25) is 0 Å². The van der Waals surface area contributed by atoms with E-state index in [1.807, 2.05) is 0 Å². The van der Waals surface area contributed by atoms with Crippen LogP contribution < -0.4 is 5.73 Å². The Hall–Kier alpha value is -1.43. The van der Waals surface area contributed by atoms with Crippen LogP contribution in [0.3, 0.4) is 0 Å². The molecule has 0 spiro atoms. The lowest BCUT2D eigenvalue weighted by Crippen LogP contribution is -2.33. The largest absolute Gasteiger partial charge is 0.465 e.